The van der Waals surface area contributed by atoms with Crippen molar-refractivity contribution >= 4 is 11.4 Å². The van der Waals surface area contributed by atoms with Crippen LogP contribution in [0.5, 0.6) is 0 Å². The van der Waals surface area contributed by atoms with Gasteiger partial charge in [0.05, 0.1) is 13.2 Å². The van der Waals surface area contributed by atoms with Crippen molar-refractivity contribution in [1.82, 2.24) is 4.90 Å². The number of ether oxygens (including phenoxy) is 1. The van der Waals surface area contributed by atoms with E-state index in [-0.39, 0.29) is 0 Å². The Morgan fingerprint density at radius 3 is 2.79 bits per heavy atom. The summed E-state index contributed by atoms with van der Waals surface area (Å²) < 4.78 is 5.36. The normalized spacial score (nSPS) is 19.5. The fourth-order valence-corrected chi connectivity index (χ4v) is 2.81. The van der Waals surface area contributed by atoms with E-state index >= 15 is 0 Å². The molecule has 0 aromatic heterocycles. The standard InChI is InChI=1S/C14H19N3O2/c18-15-13-2-1-12-3-4-17(14(12)11-13)6-5-16-7-9-19-10-8-16/h1-2,11H,3-10H2. The monoisotopic (exact) mass is 261 g/mol. The zero-order chi connectivity index (χ0) is 13.1. The molecule has 5 heteroatoms. The van der Waals surface area contributed by atoms with Gasteiger partial charge < -0.3 is 9.64 Å². The predicted molar refractivity (Wildman–Crippen MR) is 75.1 cm³/mol. The van der Waals surface area contributed by atoms with E-state index < -0.39 is 0 Å². The highest BCUT2D eigenvalue weighted by Gasteiger charge is 2.20. The van der Waals surface area contributed by atoms with Crippen molar-refractivity contribution in [2.24, 2.45) is 5.18 Å². The summed E-state index contributed by atoms with van der Waals surface area (Å²) >= 11 is 0. The van der Waals surface area contributed by atoms with Gasteiger partial charge in [-0.1, -0.05) is 6.07 Å². The molecular formula is C14H19N3O2. The minimum Gasteiger partial charge on any atom is -0.379 e. The van der Waals surface area contributed by atoms with Gasteiger partial charge in [0.2, 0.25) is 0 Å². The van der Waals surface area contributed by atoms with E-state index in [0.29, 0.717) is 5.69 Å². The molecule has 5 nitrogen and oxygen atoms in total. The topological polar surface area (TPSA) is 45.1 Å². The zero-order valence-electron chi connectivity index (χ0n) is 11.0. The number of rotatable bonds is 4. The lowest BCUT2D eigenvalue weighted by Crippen LogP contribution is -2.41. The highest BCUT2D eigenvalue weighted by Crippen LogP contribution is 2.31. The van der Waals surface area contributed by atoms with Crippen molar-refractivity contribution in [2.45, 2.75) is 6.42 Å². The molecule has 19 heavy (non-hydrogen) atoms. The maximum Gasteiger partial charge on any atom is 0.110 e. The van der Waals surface area contributed by atoms with Gasteiger partial charge in [-0.15, -0.1) is 4.91 Å². The van der Waals surface area contributed by atoms with Crippen molar-refractivity contribution in [2.75, 3.05) is 50.8 Å². The minimum atomic E-state index is 0.525. The van der Waals surface area contributed by atoms with Gasteiger partial charge in [0.1, 0.15) is 5.69 Å². The SMILES string of the molecule is O=Nc1ccc2c(c1)N(CCN1CCOCC1)CC2. The molecule has 0 spiro atoms. The molecule has 1 saturated heterocycles. The summed E-state index contributed by atoms with van der Waals surface area (Å²) in [7, 11) is 0. The molecule has 2 heterocycles. The molecule has 102 valence electrons. The Bertz CT molecular complexity index is 458. The minimum absolute atomic E-state index is 0.525. The molecule has 0 bridgehead atoms. The molecule has 1 aromatic carbocycles. The summed E-state index contributed by atoms with van der Waals surface area (Å²) in [6, 6.07) is 5.74. The van der Waals surface area contributed by atoms with Crippen LogP contribution in [0, 0.1) is 4.91 Å². The average Bonchev–Trinajstić information content (AvgIpc) is 2.88. The van der Waals surface area contributed by atoms with Crippen LogP contribution in [0.3, 0.4) is 0 Å². The summed E-state index contributed by atoms with van der Waals surface area (Å²) in [4.78, 5) is 15.4. The van der Waals surface area contributed by atoms with Crippen LogP contribution in [0.25, 0.3) is 0 Å². The van der Waals surface area contributed by atoms with Crippen LogP contribution in [0.4, 0.5) is 11.4 Å². The molecule has 0 aliphatic carbocycles. The molecule has 0 saturated carbocycles. The Morgan fingerprint density at radius 2 is 2.00 bits per heavy atom. The molecule has 2 aliphatic heterocycles. The van der Waals surface area contributed by atoms with Crippen LogP contribution < -0.4 is 4.90 Å². The van der Waals surface area contributed by atoms with E-state index in [4.69, 9.17) is 4.74 Å². The number of anilines is 1. The quantitative estimate of drug-likeness (QED) is 0.775. The molecule has 2 aliphatic rings. The van der Waals surface area contributed by atoms with Crippen LogP contribution in [-0.4, -0.2) is 50.8 Å². The average molecular weight is 261 g/mol. The fourth-order valence-electron chi connectivity index (χ4n) is 2.81. The van der Waals surface area contributed by atoms with Gasteiger partial charge in [-0.2, -0.15) is 0 Å². The van der Waals surface area contributed by atoms with Crippen molar-refractivity contribution in [3.8, 4) is 0 Å². The van der Waals surface area contributed by atoms with Crippen molar-refractivity contribution in [1.29, 1.82) is 0 Å². The predicted octanol–water partition coefficient (Wildman–Crippen LogP) is 1.78. The second-order valence-corrected chi connectivity index (χ2v) is 5.10. The van der Waals surface area contributed by atoms with E-state index in [0.717, 1.165) is 52.4 Å². The summed E-state index contributed by atoms with van der Waals surface area (Å²) in [6.07, 6.45) is 1.07. The second-order valence-electron chi connectivity index (χ2n) is 5.10. The van der Waals surface area contributed by atoms with Crippen molar-refractivity contribution < 1.29 is 4.74 Å². The summed E-state index contributed by atoms with van der Waals surface area (Å²) in [6.45, 7) is 6.84. The molecule has 0 N–H and O–H groups in total. The van der Waals surface area contributed by atoms with Gasteiger partial charge >= 0.3 is 0 Å². The van der Waals surface area contributed by atoms with E-state index in [1.807, 2.05) is 12.1 Å². The molecule has 0 radical (unpaired) electrons. The largest absolute Gasteiger partial charge is 0.379 e. The van der Waals surface area contributed by atoms with E-state index in [1.54, 1.807) is 6.07 Å². The van der Waals surface area contributed by atoms with Crippen molar-refractivity contribution in [3.05, 3.63) is 28.7 Å². The van der Waals surface area contributed by atoms with Crippen LogP contribution in [0.2, 0.25) is 0 Å². The lowest BCUT2D eigenvalue weighted by atomic mass is 10.1. The van der Waals surface area contributed by atoms with E-state index in [1.165, 1.54) is 11.3 Å². The van der Waals surface area contributed by atoms with Gasteiger partial charge in [-0.25, -0.2) is 0 Å². The van der Waals surface area contributed by atoms with Crippen LogP contribution in [-0.2, 0) is 11.2 Å². The molecule has 3 rings (SSSR count). The Kier molecular flexibility index (Phi) is 3.75. The third-order valence-electron chi connectivity index (χ3n) is 3.96. The smallest absolute Gasteiger partial charge is 0.110 e. The fraction of sp³-hybridized carbons (Fsp3) is 0.571. The zero-order valence-corrected chi connectivity index (χ0v) is 11.0. The number of benzene rings is 1. The maximum absolute atomic E-state index is 10.6. The van der Waals surface area contributed by atoms with E-state index in [9.17, 15) is 4.91 Å². The van der Waals surface area contributed by atoms with Crippen LogP contribution in [0.1, 0.15) is 5.56 Å². The van der Waals surface area contributed by atoms with Gasteiger partial charge in [0.25, 0.3) is 0 Å². The van der Waals surface area contributed by atoms with E-state index in [2.05, 4.69) is 15.0 Å². The first kappa shape index (κ1) is 12.6. The van der Waals surface area contributed by atoms with Crippen LogP contribution >= 0.6 is 0 Å². The molecule has 1 fully saturated rings. The summed E-state index contributed by atoms with van der Waals surface area (Å²) in [5.74, 6) is 0. The molecule has 0 unspecified atom stereocenters. The lowest BCUT2D eigenvalue weighted by molar-refractivity contribution is 0.0392. The maximum atomic E-state index is 10.6. The highest BCUT2D eigenvalue weighted by molar-refractivity contribution is 5.64. The molecule has 1 aromatic rings. The lowest BCUT2D eigenvalue weighted by Gasteiger charge is -2.29. The number of nitroso groups, excluding NO2 is 1. The van der Waals surface area contributed by atoms with Gasteiger partial charge in [-0.3, -0.25) is 4.90 Å². The van der Waals surface area contributed by atoms with Crippen LogP contribution in [0.15, 0.2) is 23.4 Å². The summed E-state index contributed by atoms with van der Waals surface area (Å²) in [5, 5.41) is 3.03. The number of nitrogens with zero attached hydrogens (tertiary/aromatic N) is 3. The Balaban J connectivity index is 1.63. The number of hydrogen-bond acceptors (Lipinski definition) is 5. The second kappa shape index (κ2) is 5.67. The number of fused-ring (bicyclic) bond motifs is 1. The van der Waals surface area contributed by atoms with Gasteiger partial charge in [-0.05, 0) is 29.3 Å². The first-order chi connectivity index (χ1) is 9.36. The summed E-state index contributed by atoms with van der Waals surface area (Å²) in [5.41, 5.74) is 3.04. The first-order valence-corrected chi connectivity index (χ1v) is 6.88. The third kappa shape index (κ3) is 2.77. The molecular weight excluding hydrogens is 242 g/mol. The molecule has 0 atom stereocenters. The highest BCUT2D eigenvalue weighted by atomic mass is 16.5. The number of hydrogen-bond donors (Lipinski definition) is 0. The van der Waals surface area contributed by atoms with Crippen molar-refractivity contribution in [3.63, 3.8) is 0 Å². The Labute approximate surface area is 113 Å². The first-order valence-electron chi connectivity index (χ1n) is 6.88. The third-order valence-corrected chi connectivity index (χ3v) is 3.96. The number of morpholine rings is 1. The van der Waals surface area contributed by atoms with Gasteiger partial charge in [0, 0.05) is 38.4 Å². The van der Waals surface area contributed by atoms with Gasteiger partial charge in [0.15, 0.2) is 0 Å². The molecule has 0 amide bonds. The Hall–Kier alpha value is -1.46. The Morgan fingerprint density at radius 1 is 1.16 bits per heavy atom.